The Bertz CT molecular complexity index is 941. The first-order valence-corrected chi connectivity index (χ1v) is 9.68. The van der Waals surface area contributed by atoms with Gasteiger partial charge in [0.15, 0.2) is 5.13 Å². The van der Waals surface area contributed by atoms with Crippen molar-refractivity contribution in [3.63, 3.8) is 0 Å². The van der Waals surface area contributed by atoms with Crippen LogP contribution in [-0.2, 0) is 4.74 Å². The zero-order valence-corrected chi connectivity index (χ0v) is 15.8. The maximum Gasteiger partial charge on any atom is 0.353 e. The van der Waals surface area contributed by atoms with E-state index in [9.17, 15) is 10.1 Å². The zero-order valence-electron chi connectivity index (χ0n) is 15.0. The molecule has 2 N–H and O–H groups in total. The van der Waals surface area contributed by atoms with Gasteiger partial charge in [0.2, 0.25) is 11.6 Å². The molecule has 0 saturated carbocycles. The maximum atomic E-state index is 11.7. The fourth-order valence-electron chi connectivity index (χ4n) is 2.96. The number of morpholine rings is 1. The van der Waals surface area contributed by atoms with Crippen molar-refractivity contribution in [2.45, 2.75) is 0 Å². The number of thiazole rings is 1. The summed E-state index contributed by atoms with van der Waals surface area (Å²) in [7, 11) is 0. The summed E-state index contributed by atoms with van der Waals surface area (Å²) in [6, 6.07) is 7.67. The molecule has 11 heteroatoms. The minimum Gasteiger partial charge on any atom is -0.379 e. The summed E-state index contributed by atoms with van der Waals surface area (Å²) in [5.74, 6) is 0.310. The molecule has 1 fully saturated rings. The second-order valence-corrected chi connectivity index (χ2v) is 7.20. The molecule has 3 heterocycles. The van der Waals surface area contributed by atoms with Crippen molar-refractivity contribution in [3.8, 4) is 0 Å². The van der Waals surface area contributed by atoms with Gasteiger partial charge in [-0.25, -0.2) is 15.0 Å². The molecule has 1 aliphatic rings. The molecule has 0 radical (unpaired) electrons. The normalized spacial score (nSPS) is 14.9. The van der Waals surface area contributed by atoms with E-state index in [0.717, 1.165) is 29.9 Å². The molecule has 0 spiro atoms. The summed E-state index contributed by atoms with van der Waals surface area (Å²) in [4.78, 5) is 26.0. The predicted molar refractivity (Wildman–Crippen MR) is 107 cm³/mol. The average Bonchev–Trinajstić information content (AvgIpc) is 3.11. The molecule has 0 bridgehead atoms. The summed E-state index contributed by atoms with van der Waals surface area (Å²) in [5.41, 5.74) is 0.638. The third-order valence-electron chi connectivity index (χ3n) is 4.35. The van der Waals surface area contributed by atoms with E-state index >= 15 is 0 Å². The average molecular weight is 401 g/mol. The van der Waals surface area contributed by atoms with E-state index in [1.54, 1.807) is 0 Å². The number of nitrogens with zero attached hydrogens (tertiary/aromatic N) is 5. The van der Waals surface area contributed by atoms with E-state index in [4.69, 9.17) is 4.74 Å². The molecular weight excluding hydrogens is 382 g/mol. The Hall–Kier alpha value is -2.89. The summed E-state index contributed by atoms with van der Waals surface area (Å²) in [5, 5.41) is 18.2. The van der Waals surface area contributed by atoms with Gasteiger partial charge in [-0.1, -0.05) is 23.5 Å². The summed E-state index contributed by atoms with van der Waals surface area (Å²) >= 11 is 1.41. The smallest absolute Gasteiger partial charge is 0.353 e. The van der Waals surface area contributed by atoms with Gasteiger partial charge in [0.25, 0.3) is 0 Å². The number of nitrogens with one attached hydrogen (secondary N) is 2. The van der Waals surface area contributed by atoms with Crippen LogP contribution in [0.3, 0.4) is 0 Å². The highest BCUT2D eigenvalue weighted by molar-refractivity contribution is 7.22. The van der Waals surface area contributed by atoms with Crippen molar-refractivity contribution in [3.05, 3.63) is 40.7 Å². The van der Waals surface area contributed by atoms with Crippen LogP contribution in [0.15, 0.2) is 30.6 Å². The molecule has 146 valence electrons. The van der Waals surface area contributed by atoms with Crippen LogP contribution in [0, 0.1) is 10.1 Å². The van der Waals surface area contributed by atoms with Crippen molar-refractivity contribution in [1.29, 1.82) is 0 Å². The molecule has 0 unspecified atom stereocenters. The van der Waals surface area contributed by atoms with Crippen molar-refractivity contribution in [2.24, 2.45) is 0 Å². The molecule has 28 heavy (non-hydrogen) atoms. The first-order chi connectivity index (χ1) is 13.7. The van der Waals surface area contributed by atoms with Gasteiger partial charge in [0.05, 0.1) is 28.4 Å². The molecular formula is C17H19N7O3S. The van der Waals surface area contributed by atoms with Crippen LogP contribution in [0.2, 0.25) is 0 Å². The van der Waals surface area contributed by atoms with Crippen LogP contribution in [0.5, 0.6) is 0 Å². The number of nitro groups is 1. The van der Waals surface area contributed by atoms with Crippen LogP contribution in [0.25, 0.3) is 10.2 Å². The molecule has 0 aliphatic carbocycles. The number of hydrogen-bond donors (Lipinski definition) is 2. The Morgan fingerprint density at radius 1 is 1.21 bits per heavy atom. The van der Waals surface area contributed by atoms with Crippen LogP contribution < -0.4 is 10.6 Å². The van der Waals surface area contributed by atoms with E-state index in [2.05, 4.69) is 30.5 Å². The minimum absolute atomic E-state index is 0.118. The number of anilines is 3. The third-order valence-corrected chi connectivity index (χ3v) is 5.30. The number of fused-ring (bicyclic) bond motifs is 1. The van der Waals surface area contributed by atoms with Gasteiger partial charge in [-0.2, -0.15) is 0 Å². The van der Waals surface area contributed by atoms with Crippen molar-refractivity contribution in [2.75, 3.05) is 50.0 Å². The van der Waals surface area contributed by atoms with Gasteiger partial charge in [0.1, 0.15) is 6.33 Å². The first-order valence-electron chi connectivity index (χ1n) is 8.86. The molecule has 3 aromatic rings. The van der Waals surface area contributed by atoms with Gasteiger partial charge in [-0.3, -0.25) is 15.0 Å². The maximum absolute atomic E-state index is 11.7. The number of rotatable bonds is 7. The van der Waals surface area contributed by atoms with E-state index in [0.29, 0.717) is 24.9 Å². The highest BCUT2D eigenvalue weighted by atomic mass is 32.1. The highest BCUT2D eigenvalue weighted by Crippen LogP contribution is 2.33. The Kier molecular flexibility index (Phi) is 5.55. The number of benzene rings is 1. The van der Waals surface area contributed by atoms with Crippen molar-refractivity contribution >= 4 is 44.0 Å². The molecule has 4 rings (SSSR count). The largest absolute Gasteiger partial charge is 0.379 e. The SMILES string of the molecule is O=[N+]([O-])c1c(NCCN2CCOCC2)ncnc1Nc1nc2ccccc2s1. The Labute approximate surface area is 164 Å². The Morgan fingerprint density at radius 3 is 2.79 bits per heavy atom. The molecule has 2 aromatic heterocycles. The summed E-state index contributed by atoms with van der Waals surface area (Å²) in [6.45, 7) is 4.44. The van der Waals surface area contributed by atoms with E-state index in [1.807, 2.05) is 24.3 Å². The van der Waals surface area contributed by atoms with E-state index < -0.39 is 4.92 Å². The van der Waals surface area contributed by atoms with Crippen LogP contribution in [-0.4, -0.2) is 64.2 Å². The molecule has 1 aromatic carbocycles. The Morgan fingerprint density at radius 2 is 2.00 bits per heavy atom. The topological polar surface area (TPSA) is 118 Å². The predicted octanol–water partition coefficient (Wildman–Crippen LogP) is 2.48. The second kappa shape index (κ2) is 8.42. The fraction of sp³-hybridized carbons (Fsp3) is 0.353. The van der Waals surface area contributed by atoms with Crippen molar-refractivity contribution < 1.29 is 9.66 Å². The molecule has 10 nitrogen and oxygen atoms in total. The molecule has 0 atom stereocenters. The number of para-hydroxylation sites is 1. The zero-order chi connectivity index (χ0) is 19.3. The molecule has 1 saturated heterocycles. The van der Waals surface area contributed by atoms with Gasteiger partial charge >= 0.3 is 5.69 Å². The van der Waals surface area contributed by atoms with Crippen LogP contribution >= 0.6 is 11.3 Å². The highest BCUT2D eigenvalue weighted by Gasteiger charge is 2.24. The Balaban J connectivity index is 1.50. The summed E-state index contributed by atoms with van der Waals surface area (Å²) in [6.07, 6.45) is 1.31. The van der Waals surface area contributed by atoms with E-state index in [1.165, 1.54) is 17.7 Å². The summed E-state index contributed by atoms with van der Waals surface area (Å²) < 4.78 is 6.32. The third kappa shape index (κ3) is 4.16. The van der Waals surface area contributed by atoms with Gasteiger partial charge in [0, 0.05) is 26.2 Å². The minimum atomic E-state index is -0.479. The lowest BCUT2D eigenvalue weighted by atomic mass is 10.3. The lowest BCUT2D eigenvalue weighted by Gasteiger charge is -2.26. The number of hydrogen-bond acceptors (Lipinski definition) is 10. The number of aromatic nitrogens is 3. The number of ether oxygens (including phenoxy) is 1. The van der Waals surface area contributed by atoms with Crippen LogP contribution in [0.4, 0.5) is 22.5 Å². The van der Waals surface area contributed by atoms with Crippen LogP contribution in [0.1, 0.15) is 0 Å². The monoisotopic (exact) mass is 401 g/mol. The van der Waals surface area contributed by atoms with Crippen molar-refractivity contribution in [1.82, 2.24) is 19.9 Å². The lowest BCUT2D eigenvalue weighted by molar-refractivity contribution is -0.383. The molecule has 1 aliphatic heterocycles. The lowest BCUT2D eigenvalue weighted by Crippen LogP contribution is -2.39. The van der Waals surface area contributed by atoms with Gasteiger partial charge < -0.3 is 15.4 Å². The molecule has 0 amide bonds. The first kappa shape index (κ1) is 18.5. The standard InChI is InChI=1S/C17H19N7O3S/c25-24(26)14-15(18-5-6-23-7-9-27-10-8-23)19-11-20-16(14)22-17-21-12-3-1-2-4-13(12)28-17/h1-4,11H,5-10H2,(H2,18,19,20,21,22). The van der Waals surface area contributed by atoms with E-state index in [-0.39, 0.29) is 17.3 Å². The van der Waals surface area contributed by atoms with Gasteiger partial charge in [-0.05, 0) is 12.1 Å². The second-order valence-electron chi connectivity index (χ2n) is 6.17. The fourth-order valence-corrected chi connectivity index (χ4v) is 3.82. The quantitative estimate of drug-likeness (QED) is 0.454. The van der Waals surface area contributed by atoms with Gasteiger partial charge in [-0.15, -0.1) is 0 Å².